The number of carboxylic acid groups (broad SMARTS) is 1. The Morgan fingerprint density at radius 2 is 1.95 bits per heavy atom. The summed E-state index contributed by atoms with van der Waals surface area (Å²) in [4.78, 5) is 35.0. The number of carboxylic acids is 1. The molecule has 1 aliphatic heterocycles. The molecular weight excluding hydrogens is 286 g/mol. The lowest BCUT2D eigenvalue weighted by atomic mass is 9.90. The number of imide groups is 1. The van der Waals surface area contributed by atoms with E-state index in [1.807, 2.05) is 0 Å². The molecule has 0 aliphatic carbocycles. The molecule has 3 amide bonds. The van der Waals surface area contributed by atoms with Gasteiger partial charge in [-0.15, -0.1) is 0 Å². The van der Waals surface area contributed by atoms with Crippen LogP contribution in [0.1, 0.15) is 18.1 Å². The maximum atomic E-state index is 14.0. The monoisotopic (exact) mass is 298 g/mol. The lowest BCUT2D eigenvalue weighted by Gasteiger charge is -2.23. The van der Waals surface area contributed by atoms with E-state index in [1.54, 1.807) is 0 Å². The molecule has 1 saturated heterocycles. The summed E-state index contributed by atoms with van der Waals surface area (Å²) >= 11 is 0. The number of benzene rings is 1. The third-order valence-corrected chi connectivity index (χ3v) is 3.36. The van der Waals surface area contributed by atoms with Crippen molar-refractivity contribution in [2.24, 2.45) is 0 Å². The third kappa shape index (κ3) is 2.32. The van der Waals surface area contributed by atoms with E-state index in [-0.39, 0.29) is 11.1 Å². The first-order valence-electron chi connectivity index (χ1n) is 5.99. The molecule has 6 nitrogen and oxygen atoms in total. The highest BCUT2D eigenvalue weighted by molar-refractivity contribution is 6.08. The SMILES string of the molecule is Cc1cc(F)c(C2(C)NC(=O)N(CC(=O)O)C2=O)cc1F. The highest BCUT2D eigenvalue weighted by atomic mass is 19.1. The second kappa shape index (κ2) is 4.80. The lowest BCUT2D eigenvalue weighted by Crippen LogP contribution is -2.42. The van der Waals surface area contributed by atoms with Crippen molar-refractivity contribution in [3.05, 3.63) is 34.9 Å². The Hall–Kier alpha value is -2.51. The van der Waals surface area contributed by atoms with Crippen molar-refractivity contribution in [2.45, 2.75) is 19.4 Å². The molecule has 0 aromatic heterocycles. The number of hydrogen-bond acceptors (Lipinski definition) is 3. The van der Waals surface area contributed by atoms with Crippen LogP contribution < -0.4 is 5.32 Å². The van der Waals surface area contributed by atoms with Crippen LogP contribution in [-0.2, 0) is 15.1 Å². The normalized spacial score (nSPS) is 21.6. The second-order valence-corrected chi connectivity index (χ2v) is 4.92. The van der Waals surface area contributed by atoms with Crippen molar-refractivity contribution in [2.75, 3.05) is 6.54 Å². The Morgan fingerprint density at radius 1 is 1.33 bits per heavy atom. The minimum atomic E-state index is -1.84. The van der Waals surface area contributed by atoms with E-state index >= 15 is 0 Å². The highest BCUT2D eigenvalue weighted by Gasteiger charge is 2.51. The van der Waals surface area contributed by atoms with Crippen LogP contribution >= 0.6 is 0 Å². The zero-order valence-electron chi connectivity index (χ0n) is 11.2. The molecule has 8 heteroatoms. The number of aryl methyl sites for hydroxylation is 1. The first-order chi connectivity index (χ1) is 9.66. The molecule has 1 aromatic rings. The molecule has 1 heterocycles. The standard InChI is InChI=1S/C13H12F2N2O4/c1-6-3-9(15)7(4-8(6)14)13(2)11(20)17(5-10(18)19)12(21)16-13/h3-4H,5H2,1-2H3,(H,16,21)(H,18,19). The molecular formula is C13H12F2N2O4. The third-order valence-electron chi connectivity index (χ3n) is 3.36. The first kappa shape index (κ1) is 14.9. The van der Waals surface area contributed by atoms with Gasteiger partial charge in [0.15, 0.2) is 0 Å². The minimum absolute atomic E-state index is 0.0546. The summed E-state index contributed by atoms with van der Waals surface area (Å²) in [6, 6.07) is 0.771. The molecule has 0 saturated carbocycles. The van der Waals surface area contributed by atoms with Gasteiger partial charge in [0.25, 0.3) is 5.91 Å². The molecule has 0 radical (unpaired) electrons. The van der Waals surface area contributed by atoms with Crippen LogP contribution in [0.15, 0.2) is 12.1 Å². The fraction of sp³-hybridized carbons (Fsp3) is 0.308. The Balaban J connectivity index is 2.49. The molecule has 1 fully saturated rings. The average molecular weight is 298 g/mol. The molecule has 0 bridgehead atoms. The van der Waals surface area contributed by atoms with E-state index < -0.39 is 41.6 Å². The van der Waals surface area contributed by atoms with E-state index in [1.165, 1.54) is 13.8 Å². The van der Waals surface area contributed by atoms with E-state index in [2.05, 4.69) is 5.32 Å². The van der Waals surface area contributed by atoms with Crippen LogP contribution in [0.3, 0.4) is 0 Å². The Morgan fingerprint density at radius 3 is 2.52 bits per heavy atom. The van der Waals surface area contributed by atoms with Gasteiger partial charge in [-0.05, 0) is 31.5 Å². The van der Waals surface area contributed by atoms with E-state index in [4.69, 9.17) is 5.11 Å². The van der Waals surface area contributed by atoms with Gasteiger partial charge in [-0.25, -0.2) is 13.6 Å². The Bertz CT molecular complexity index is 662. The fourth-order valence-electron chi connectivity index (χ4n) is 2.19. The van der Waals surface area contributed by atoms with Crippen molar-refractivity contribution in [1.82, 2.24) is 10.2 Å². The summed E-state index contributed by atoms with van der Waals surface area (Å²) in [5.74, 6) is -3.93. The fourth-order valence-corrected chi connectivity index (χ4v) is 2.19. The van der Waals surface area contributed by atoms with Crippen molar-refractivity contribution in [3.63, 3.8) is 0 Å². The second-order valence-electron chi connectivity index (χ2n) is 4.92. The molecule has 1 aromatic carbocycles. The summed E-state index contributed by atoms with van der Waals surface area (Å²) in [5, 5.41) is 10.9. The summed E-state index contributed by atoms with van der Waals surface area (Å²) < 4.78 is 27.6. The maximum absolute atomic E-state index is 14.0. The van der Waals surface area contributed by atoms with Crippen molar-refractivity contribution in [3.8, 4) is 0 Å². The highest BCUT2D eigenvalue weighted by Crippen LogP contribution is 2.31. The van der Waals surface area contributed by atoms with Crippen LogP contribution in [-0.4, -0.2) is 34.5 Å². The quantitative estimate of drug-likeness (QED) is 0.819. The van der Waals surface area contributed by atoms with Crippen molar-refractivity contribution < 1.29 is 28.3 Å². The van der Waals surface area contributed by atoms with Crippen LogP contribution in [0, 0.1) is 18.6 Å². The molecule has 0 spiro atoms. The molecule has 1 aliphatic rings. The molecule has 21 heavy (non-hydrogen) atoms. The first-order valence-corrected chi connectivity index (χ1v) is 5.99. The number of carbonyl (C=O) groups excluding carboxylic acids is 2. The van der Waals surface area contributed by atoms with Crippen LogP contribution in [0.4, 0.5) is 13.6 Å². The van der Waals surface area contributed by atoms with Crippen LogP contribution in [0.2, 0.25) is 0 Å². The summed E-state index contributed by atoms with van der Waals surface area (Å²) in [6.07, 6.45) is 0. The molecule has 2 rings (SSSR count). The molecule has 1 atom stereocenters. The van der Waals surface area contributed by atoms with Gasteiger partial charge in [-0.3, -0.25) is 14.5 Å². The van der Waals surface area contributed by atoms with Gasteiger partial charge in [-0.2, -0.15) is 0 Å². The van der Waals surface area contributed by atoms with Gasteiger partial charge in [0.2, 0.25) is 0 Å². The van der Waals surface area contributed by atoms with E-state index in [0.717, 1.165) is 12.1 Å². The Labute approximate surface area is 118 Å². The van der Waals surface area contributed by atoms with Gasteiger partial charge in [0.1, 0.15) is 23.7 Å². The van der Waals surface area contributed by atoms with Crippen molar-refractivity contribution >= 4 is 17.9 Å². The predicted octanol–water partition coefficient (Wildman–Crippen LogP) is 1.12. The van der Waals surface area contributed by atoms with Gasteiger partial charge >= 0.3 is 12.0 Å². The van der Waals surface area contributed by atoms with Crippen molar-refractivity contribution in [1.29, 1.82) is 0 Å². The number of hydrogen-bond donors (Lipinski definition) is 2. The molecule has 2 N–H and O–H groups in total. The number of aliphatic carboxylic acids is 1. The zero-order valence-corrected chi connectivity index (χ0v) is 11.2. The number of nitrogens with zero attached hydrogens (tertiary/aromatic N) is 1. The van der Waals surface area contributed by atoms with Gasteiger partial charge in [0.05, 0.1) is 0 Å². The van der Waals surface area contributed by atoms with E-state index in [9.17, 15) is 23.2 Å². The number of nitrogens with one attached hydrogen (secondary N) is 1. The van der Waals surface area contributed by atoms with E-state index in [0.29, 0.717) is 4.90 Å². The molecule has 1 unspecified atom stereocenters. The number of halogens is 2. The summed E-state index contributed by atoms with van der Waals surface area (Å²) in [6.45, 7) is 1.70. The summed E-state index contributed by atoms with van der Waals surface area (Å²) in [7, 11) is 0. The van der Waals surface area contributed by atoms with Gasteiger partial charge < -0.3 is 10.4 Å². The van der Waals surface area contributed by atoms with Crippen LogP contribution in [0.25, 0.3) is 0 Å². The summed E-state index contributed by atoms with van der Waals surface area (Å²) in [5.41, 5.74) is -2.14. The lowest BCUT2D eigenvalue weighted by molar-refractivity contribution is -0.142. The maximum Gasteiger partial charge on any atom is 0.325 e. The zero-order chi connectivity index (χ0) is 15.9. The Kier molecular flexibility index (Phi) is 3.40. The minimum Gasteiger partial charge on any atom is -0.480 e. The topological polar surface area (TPSA) is 86.7 Å². The van der Waals surface area contributed by atoms with Gasteiger partial charge in [-0.1, -0.05) is 0 Å². The van der Waals surface area contributed by atoms with Crippen LogP contribution in [0.5, 0.6) is 0 Å². The number of urea groups is 1. The smallest absolute Gasteiger partial charge is 0.325 e. The molecule has 112 valence electrons. The average Bonchev–Trinajstić information content (AvgIpc) is 2.58. The number of rotatable bonds is 3. The largest absolute Gasteiger partial charge is 0.480 e. The number of amides is 3. The van der Waals surface area contributed by atoms with Gasteiger partial charge in [0, 0.05) is 5.56 Å². The number of carbonyl (C=O) groups is 3. The predicted molar refractivity (Wildman–Crippen MR) is 66.3 cm³/mol.